The van der Waals surface area contributed by atoms with Gasteiger partial charge in [0.05, 0.1) is 31.7 Å². The molecule has 3 saturated heterocycles. The van der Waals surface area contributed by atoms with Crippen molar-refractivity contribution in [1.82, 2.24) is 109 Å². The molecule has 3 fully saturated rings. The highest BCUT2D eigenvalue weighted by Gasteiger charge is 2.46. The van der Waals surface area contributed by atoms with E-state index in [-0.39, 0.29) is 140 Å². The van der Waals surface area contributed by atoms with Gasteiger partial charge in [-0.05, 0) is 159 Å². The number of amides is 19. The Morgan fingerprint density at radius 3 is 1.28 bits per heavy atom. The summed E-state index contributed by atoms with van der Waals surface area (Å²) in [5, 5.41) is 62.9. The highest BCUT2D eigenvalue weighted by Crippen LogP contribution is 2.26. The van der Waals surface area contributed by atoms with Crippen molar-refractivity contribution >= 4 is 130 Å². The van der Waals surface area contributed by atoms with E-state index in [9.17, 15) is 106 Å². The predicted molar refractivity (Wildman–Crippen MR) is 506 cm³/mol. The maximum Gasteiger partial charge on any atom is 0.326 e. The molecule has 5 heterocycles. The third kappa shape index (κ3) is 39.9. The number of H-pyrrole nitrogens is 2. The van der Waals surface area contributed by atoms with E-state index in [1.54, 1.807) is 41.5 Å². The van der Waals surface area contributed by atoms with Gasteiger partial charge in [0, 0.05) is 82.1 Å². The molecule has 17 atom stereocenters. The van der Waals surface area contributed by atoms with E-state index in [0.717, 1.165) is 4.90 Å². The van der Waals surface area contributed by atoms with Gasteiger partial charge < -0.3 is 149 Å². The SMILES string of the molecule is CC[C@H](C)[C@H](NC(=O)[C@@H]1CCCN1C(=O)[C@H](Cc1cnc[nH]1)NC(=O)[C@H](CCCCN)NC(=O)[C@@H]1CCCN1C(=O)[C@@H](N)CCCNC(=N)N)C(=O)N[C@@H](CCCCN)C(=O)N[C@@H](Cc1cnc[nH]1)C(=O)N[C@@H](CCC(N)=O)C(=O)NCC(=O)N[C@@H](CC(C)C)C(=O)N1CCC[C@H]1C(=O)N[C@@H](CCC(N)=O)C(=O)N[C@@H](CCC(=O)O)C(=O)N[C@H](C(=O)N[C@@H](CC(C)C)C(=O)N[C@@H](CC(N)=O)C(=O)O)C(C)C. The Labute approximate surface area is 817 Å². The minimum Gasteiger partial charge on any atom is -0.481 e. The van der Waals surface area contributed by atoms with Crippen LogP contribution in [0.3, 0.4) is 0 Å². The van der Waals surface area contributed by atoms with E-state index < -0.39 is 284 Å². The van der Waals surface area contributed by atoms with Crippen molar-refractivity contribution in [2.24, 2.45) is 63.8 Å². The molecule has 33 N–H and O–H groups in total. The molecular formula is C89H147N29O23. The van der Waals surface area contributed by atoms with Crippen LogP contribution in [0.1, 0.15) is 221 Å². The molecule has 5 rings (SSSR count). The first kappa shape index (κ1) is 118. The Hall–Kier alpha value is -13.6. The zero-order valence-electron chi connectivity index (χ0n) is 81.4. The largest absolute Gasteiger partial charge is 0.481 e. The molecule has 141 heavy (non-hydrogen) atoms. The summed E-state index contributed by atoms with van der Waals surface area (Å²) in [5.41, 5.74) is 40.4. The quantitative estimate of drug-likeness (QED) is 0.0166. The van der Waals surface area contributed by atoms with Crippen molar-refractivity contribution in [2.45, 2.75) is 319 Å². The molecule has 0 aliphatic carbocycles. The van der Waals surface area contributed by atoms with Gasteiger partial charge >= 0.3 is 11.9 Å². The van der Waals surface area contributed by atoms with Crippen molar-refractivity contribution in [2.75, 3.05) is 45.8 Å². The second kappa shape index (κ2) is 59.8. The summed E-state index contributed by atoms with van der Waals surface area (Å²) in [6, 6.07) is -22.9. The minimum absolute atomic E-state index is 0.0208. The fourth-order valence-electron chi connectivity index (χ4n) is 16.5. The van der Waals surface area contributed by atoms with Crippen LogP contribution >= 0.6 is 0 Å². The third-order valence-corrected chi connectivity index (χ3v) is 24.3. The lowest BCUT2D eigenvalue weighted by Crippen LogP contribution is -2.61. The molecular weight excluding hydrogens is 1840 g/mol. The molecule has 0 unspecified atom stereocenters. The maximum absolute atomic E-state index is 15.1. The van der Waals surface area contributed by atoms with Gasteiger partial charge in [0.1, 0.15) is 90.6 Å². The van der Waals surface area contributed by atoms with E-state index in [2.05, 4.69) is 94.4 Å². The molecule has 2 aromatic rings. The van der Waals surface area contributed by atoms with Crippen LogP contribution in [-0.2, 0) is 114 Å². The monoisotopic (exact) mass is 1990 g/mol. The minimum atomic E-state index is -1.77. The summed E-state index contributed by atoms with van der Waals surface area (Å²) in [4.78, 5) is 309. The molecule has 786 valence electrons. The Bertz CT molecular complexity index is 4600. The summed E-state index contributed by atoms with van der Waals surface area (Å²) >= 11 is 0. The molecule has 3 aliphatic rings. The number of aromatic nitrogens is 4. The number of nitrogens with zero attached hydrogens (tertiary/aromatic N) is 5. The number of nitrogens with two attached hydrogens (primary N) is 7. The fraction of sp³-hybridized carbons (Fsp3) is 0.685. The number of carboxylic acids is 2. The topological polar surface area (TPSA) is 840 Å². The number of hydrogen-bond acceptors (Lipinski definition) is 27. The fourth-order valence-corrected chi connectivity index (χ4v) is 16.5. The van der Waals surface area contributed by atoms with Gasteiger partial charge in [-0.2, -0.15) is 0 Å². The van der Waals surface area contributed by atoms with E-state index >= 15 is 4.79 Å². The van der Waals surface area contributed by atoms with Crippen LogP contribution < -0.4 is 115 Å². The van der Waals surface area contributed by atoms with Crippen LogP contribution in [-0.4, -0.2) is 317 Å². The number of hydrogen-bond donors (Lipinski definition) is 26. The van der Waals surface area contributed by atoms with Crippen LogP contribution in [0.2, 0.25) is 0 Å². The number of guanidine groups is 1. The van der Waals surface area contributed by atoms with Gasteiger partial charge in [-0.3, -0.25) is 101 Å². The Balaban J connectivity index is 1.31. The number of aromatic amines is 2. The number of primary amides is 3. The van der Waals surface area contributed by atoms with Crippen LogP contribution in [0.15, 0.2) is 25.0 Å². The van der Waals surface area contributed by atoms with Crippen molar-refractivity contribution < 1.29 is 111 Å². The first-order valence-corrected chi connectivity index (χ1v) is 48.0. The first-order chi connectivity index (χ1) is 66.7. The number of rotatable bonds is 64. The second-order valence-corrected chi connectivity index (χ2v) is 37.0. The Morgan fingerprint density at radius 2 is 0.823 bits per heavy atom. The lowest BCUT2D eigenvalue weighted by atomic mass is 9.96. The molecule has 52 heteroatoms. The molecule has 3 aliphatic heterocycles. The lowest BCUT2D eigenvalue weighted by molar-refractivity contribution is -0.144. The average Bonchev–Trinajstić information content (AvgIpc) is 1.63. The number of likely N-dealkylation sites (tertiary alicyclic amines) is 3. The van der Waals surface area contributed by atoms with Crippen molar-refractivity contribution in [3.63, 3.8) is 0 Å². The Morgan fingerprint density at radius 1 is 0.426 bits per heavy atom. The van der Waals surface area contributed by atoms with E-state index in [0.29, 0.717) is 50.8 Å². The van der Waals surface area contributed by atoms with Crippen LogP contribution in [0.5, 0.6) is 0 Å². The van der Waals surface area contributed by atoms with Crippen LogP contribution in [0, 0.1) is 29.1 Å². The summed E-state index contributed by atoms with van der Waals surface area (Å²) < 4.78 is 0. The van der Waals surface area contributed by atoms with Crippen molar-refractivity contribution in [1.29, 1.82) is 5.41 Å². The van der Waals surface area contributed by atoms with Crippen LogP contribution in [0.25, 0.3) is 0 Å². The number of carbonyl (C=O) groups is 21. The highest BCUT2D eigenvalue weighted by molar-refractivity contribution is 6.02. The van der Waals surface area contributed by atoms with Crippen molar-refractivity contribution in [3.8, 4) is 0 Å². The number of nitrogens with one attached hydrogen (secondary N) is 17. The third-order valence-electron chi connectivity index (χ3n) is 24.3. The molecule has 52 nitrogen and oxygen atoms in total. The maximum atomic E-state index is 15.1. The summed E-state index contributed by atoms with van der Waals surface area (Å²) in [7, 11) is 0. The van der Waals surface area contributed by atoms with Crippen LogP contribution in [0.4, 0.5) is 0 Å². The van der Waals surface area contributed by atoms with E-state index in [4.69, 9.17) is 45.5 Å². The molecule has 19 amide bonds. The zero-order valence-corrected chi connectivity index (χ0v) is 81.4. The highest BCUT2D eigenvalue weighted by atomic mass is 16.4. The van der Waals surface area contributed by atoms with Gasteiger partial charge in [0.25, 0.3) is 0 Å². The van der Waals surface area contributed by atoms with E-state index in [1.807, 2.05) is 0 Å². The molecule has 0 radical (unpaired) electrons. The van der Waals surface area contributed by atoms with E-state index in [1.165, 1.54) is 48.7 Å². The summed E-state index contributed by atoms with van der Waals surface area (Å²) in [6.07, 6.45) is 4.26. The average molecular weight is 1990 g/mol. The lowest BCUT2D eigenvalue weighted by Gasteiger charge is -2.32. The molecule has 0 aromatic carbocycles. The van der Waals surface area contributed by atoms with Gasteiger partial charge in [0.2, 0.25) is 112 Å². The number of carboxylic acid groups (broad SMARTS) is 2. The number of carbonyl (C=O) groups excluding carboxylic acids is 19. The number of imidazole rings is 2. The molecule has 0 spiro atoms. The van der Waals surface area contributed by atoms with Gasteiger partial charge in [0.15, 0.2) is 5.96 Å². The normalized spacial score (nSPS) is 17.5. The smallest absolute Gasteiger partial charge is 0.326 e. The number of aliphatic carboxylic acids is 2. The first-order valence-electron chi connectivity index (χ1n) is 48.0. The second-order valence-electron chi connectivity index (χ2n) is 37.0. The zero-order chi connectivity index (χ0) is 105. The molecule has 0 saturated carbocycles. The number of unbranched alkanes of at least 4 members (excludes halogenated alkanes) is 2. The summed E-state index contributed by atoms with van der Waals surface area (Å²) in [6.45, 7) is 13.2. The van der Waals surface area contributed by atoms with Gasteiger partial charge in [-0.25, -0.2) is 14.8 Å². The van der Waals surface area contributed by atoms with Gasteiger partial charge in [-0.1, -0.05) is 61.8 Å². The van der Waals surface area contributed by atoms with Gasteiger partial charge in [-0.15, -0.1) is 0 Å². The molecule has 2 aromatic heterocycles. The summed E-state index contributed by atoms with van der Waals surface area (Å²) in [5.74, 6) is -22.4. The van der Waals surface area contributed by atoms with Crippen molar-refractivity contribution in [3.05, 3.63) is 36.4 Å². The Kier molecular flexibility index (Phi) is 50.0. The molecule has 0 bridgehead atoms. The standard InChI is InChI=1S/C89H147N29O23/c1-9-49(8)72(115-82(134)65-23-17-35-118(65)87(139)61(39-51-42-99-45-103-51)112-75(127)53(19-10-12-30-90)107-80(132)63-21-15-33-116(63)85(137)52(92)18-14-32-100-89(96)97)84(136)109-54(20-11-13-31-91)74(126)110-59(38-50-41-98-44-102-50)79(131)105-55(24-27-66(93)119)73(125)101-43-69(122)104-60(37-47(4)5)86(138)117-34-16-22-64(117)81(133)108-56(25-28-67(94)120)76(128)106-57(26-29-70(123)124)77(129)114-71(48(6)7)83(135)111-58(36-46(2)3)78(130)113-62(88(140)141)40-68(95)121/h41-42,44-49,52-65,71-72H,9-40,43,90-92H2,1-8H3,(H2,93,119)(H2,94,120)(H2,95,121)(H,98,102)(H,99,103)(H,101,125)(H,104,122)(H,105,131)(H,106,128)(H,107,132)(H,108,133)(H,109,136)(H,110,126)(H,111,135)(H,112,127)(H,113,130)(H,114,129)(H,115,134)(H,123,124)(H,140,141)(H4,96,97,100)/t49-,52-,53-,54-,55-,56-,57-,58-,59-,60-,61-,62-,63-,64-,65-,71-,72-/m0/s1. The predicted octanol–water partition coefficient (Wildman–Crippen LogP) is -7.18.